The van der Waals surface area contributed by atoms with Gasteiger partial charge in [-0.3, -0.25) is 0 Å². The summed E-state index contributed by atoms with van der Waals surface area (Å²) in [6.45, 7) is 4.60. The van der Waals surface area contributed by atoms with Gasteiger partial charge in [0, 0.05) is 22.5 Å². The highest BCUT2D eigenvalue weighted by atomic mass is 15.1. The van der Waals surface area contributed by atoms with E-state index in [-0.39, 0.29) is 40.8 Å². The Hall–Kier alpha value is -7.22. The van der Waals surface area contributed by atoms with E-state index in [2.05, 4.69) is 184 Å². The minimum Gasteiger partial charge on any atom is -0.310 e. The van der Waals surface area contributed by atoms with Crippen molar-refractivity contribution in [3.63, 3.8) is 0 Å². The van der Waals surface area contributed by atoms with E-state index >= 15 is 0 Å². The number of benzene rings is 9. The highest BCUT2D eigenvalue weighted by molar-refractivity contribution is 5.91. The van der Waals surface area contributed by atoms with Gasteiger partial charge in [0.2, 0.25) is 0 Å². The quantitative estimate of drug-likeness (QED) is 0.156. The van der Waals surface area contributed by atoms with Gasteiger partial charge in [0.05, 0.1) is 10.9 Å². The highest BCUT2D eigenvalue weighted by Crippen LogP contribution is 2.57. The molecule has 11 rings (SSSR count). The number of hydrogen-bond acceptors (Lipinski definition) is 1. The van der Waals surface area contributed by atoms with Gasteiger partial charge in [-0.2, -0.15) is 0 Å². The zero-order chi connectivity index (χ0) is 43.0. The number of hydrogen-bond donors (Lipinski definition) is 0. The van der Waals surface area contributed by atoms with Gasteiger partial charge in [-0.1, -0.05) is 202 Å². The first-order valence-corrected chi connectivity index (χ1v) is 20.4. The van der Waals surface area contributed by atoms with Crippen LogP contribution in [-0.4, -0.2) is 0 Å². The third-order valence-corrected chi connectivity index (χ3v) is 12.6. The molecule has 0 unspecified atom stereocenters. The topological polar surface area (TPSA) is 3.24 Å². The van der Waals surface area contributed by atoms with E-state index in [1.165, 1.54) is 27.8 Å². The number of rotatable bonds is 7. The molecule has 0 heterocycles. The molecular weight excluding hydrogens is 711 g/mol. The smallest absolute Gasteiger partial charge is 0.0714 e. The molecule has 59 heavy (non-hydrogen) atoms. The van der Waals surface area contributed by atoms with Gasteiger partial charge in [0.25, 0.3) is 0 Å². The molecule has 0 radical (unpaired) electrons. The van der Waals surface area contributed by atoms with Crippen LogP contribution in [0.3, 0.4) is 0 Å². The summed E-state index contributed by atoms with van der Waals surface area (Å²) >= 11 is 0. The molecule has 0 fully saturated rings. The van der Waals surface area contributed by atoms with E-state index in [0.29, 0.717) is 5.56 Å². The lowest BCUT2D eigenvalue weighted by atomic mass is 9.67. The largest absolute Gasteiger partial charge is 0.310 e. The number of anilines is 3. The summed E-state index contributed by atoms with van der Waals surface area (Å²) in [6.07, 6.45) is 0. The van der Waals surface area contributed by atoms with Gasteiger partial charge in [0.1, 0.15) is 0 Å². The highest BCUT2D eigenvalue weighted by Gasteiger charge is 2.46. The molecule has 1 nitrogen and oxygen atoms in total. The standard InChI is InChI=1S/C58H43N/c1-57(2)53-27-14-12-24-50(53)52-26-16-25-48(56(52)57)42-31-35-46(36-32-42)59(45-33-29-41(30-34-45)40-17-6-3-7-18-40)47-37-38-51-49-23-13-15-28-54(49)58(55(51)39-47,43-19-8-4-9-20-43)44-21-10-5-11-22-44/h3-39H,1-2H3/i29D,30D,33D,34D. The first kappa shape index (κ1) is 30.9. The van der Waals surface area contributed by atoms with Crippen molar-refractivity contribution in [2.24, 2.45) is 0 Å². The van der Waals surface area contributed by atoms with Gasteiger partial charge in [-0.05, 0) is 114 Å². The Morgan fingerprint density at radius 3 is 1.53 bits per heavy atom. The average molecular weight is 758 g/mol. The number of nitrogens with zero attached hydrogens (tertiary/aromatic N) is 1. The Balaban J connectivity index is 1.15. The molecule has 2 aliphatic carbocycles. The summed E-state index contributed by atoms with van der Waals surface area (Å²) in [6, 6.07) is 68.9. The first-order valence-electron chi connectivity index (χ1n) is 22.4. The van der Waals surface area contributed by atoms with Crippen molar-refractivity contribution in [1.29, 1.82) is 0 Å². The first-order chi connectivity index (χ1) is 30.7. The normalized spacial score (nSPS) is 14.8. The molecule has 0 amide bonds. The second-order valence-corrected chi connectivity index (χ2v) is 16.1. The Kier molecular flexibility index (Phi) is 7.17. The second-order valence-electron chi connectivity index (χ2n) is 16.1. The molecule has 280 valence electrons. The molecule has 0 bridgehead atoms. The van der Waals surface area contributed by atoms with E-state index in [0.717, 1.165) is 50.3 Å². The molecule has 0 saturated carbocycles. The van der Waals surface area contributed by atoms with Crippen LogP contribution < -0.4 is 4.90 Å². The SMILES string of the molecule is [2H]c1c([2H])c(N(c2ccc(-c3cccc4c3C(C)(C)c3ccccc3-4)cc2)c2ccc3c(c2)C(c2ccccc2)(c2ccccc2)c2ccccc2-3)c([2H])c([2H])c1-c1ccccc1. The van der Waals surface area contributed by atoms with Crippen molar-refractivity contribution in [2.45, 2.75) is 24.7 Å². The zero-order valence-electron chi connectivity index (χ0n) is 37.0. The molecular formula is C58H43N. The maximum atomic E-state index is 9.69. The average Bonchev–Trinajstić information content (AvgIpc) is 3.76. The van der Waals surface area contributed by atoms with E-state index in [9.17, 15) is 5.48 Å². The number of fused-ring (bicyclic) bond motifs is 6. The summed E-state index contributed by atoms with van der Waals surface area (Å²) in [5, 5.41) is 0. The Labute approximate surface area is 353 Å². The Morgan fingerprint density at radius 2 is 0.864 bits per heavy atom. The summed E-state index contributed by atoms with van der Waals surface area (Å²) < 4.78 is 38.2. The van der Waals surface area contributed by atoms with Gasteiger partial charge < -0.3 is 4.90 Å². The third-order valence-electron chi connectivity index (χ3n) is 12.6. The summed E-state index contributed by atoms with van der Waals surface area (Å²) in [4.78, 5) is 1.93. The van der Waals surface area contributed by atoms with Crippen molar-refractivity contribution in [1.82, 2.24) is 0 Å². The minimum atomic E-state index is -0.677. The maximum Gasteiger partial charge on any atom is 0.0714 e. The van der Waals surface area contributed by atoms with E-state index in [1.807, 2.05) is 35.2 Å². The Morgan fingerprint density at radius 1 is 0.356 bits per heavy atom. The van der Waals surface area contributed by atoms with Crippen molar-refractivity contribution < 1.29 is 5.48 Å². The lowest BCUT2D eigenvalue weighted by Gasteiger charge is -2.35. The molecule has 0 spiro atoms. The molecule has 0 N–H and O–H groups in total. The van der Waals surface area contributed by atoms with Crippen molar-refractivity contribution >= 4 is 17.1 Å². The van der Waals surface area contributed by atoms with Crippen molar-refractivity contribution in [2.75, 3.05) is 4.90 Å². The fraction of sp³-hybridized carbons (Fsp3) is 0.0690. The molecule has 0 atom stereocenters. The van der Waals surface area contributed by atoms with Crippen LogP contribution >= 0.6 is 0 Å². The molecule has 0 saturated heterocycles. The second kappa shape index (κ2) is 13.7. The van der Waals surface area contributed by atoms with E-state index < -0.39 is 5.41 Å². The van der Waals surface area contributed by atoms with Crippen LogP contribution in [0.5, 0.6) is 0 Å². The van der Waals surface area contributed by atoms with Crippen LogP contribution in [0.15, 0.2) is 224 Å². The monoisotopic (exact) mass is 757 g/mol. The van der Waals surface area contributed by atoms with E-state index in [1.54, 1.807) is 0 Å². The van der Waals surface area contributed by atoms with Gasteiger partial charge in [0.15, 0.2) is 0 Å². The van der Waals surface area contributed by atoms with Crippen LogP contribution in [0, 0.1) is 0 Å². The predicted octanol–water partition coefficient (Wildman–Crippen LogP) is 15.2. The lowest BCUT2D eigenvalue weighted by molar-refractivity contribution is 0.662. The summed E-state index contributed by atoms with van der Waals surface area (Å²) in [7, 11) is 0. The van der Waals surface area contributed by atoms with Crippen LogP contribution in [0.2, 0.25) is 0 Å². The van der Waals surface area contributed by atoms with Crippen LogP contribution in [0.25, 0.3) is 44.5 Å². The van der Waals surface area contributed by atoms with Gasteiger partial charge >= 0.3 is 0 Å². The molecule has 0 aromatic heterocycles. The molecule has 1 heteroatoms. The predicted molar refractivity (Wildman–Crippen MR) is 247 cm³/mol. The molecule has 0 aliphatic heterocycles. The summed E-state index contributed by atoms with van der Waals surface area (Å²) in [5.41, 5.74) is 15.8. The Bertz CT molecular complexity index is 3160. The van der Waals surface area contributed by atoms with Crippen LogP contribution in [0.4, 0.5) is 17.1 Å². The third kappa shape index (κ3) is 5.39. The fourth-order valence-corrected chi connectivity index (χ4v) is 10.0. The zero-order valence-corrected chi connectivity index (χ0v) is 33.0. The molecule has 2 aliphatic rings. The van der Waals surface area contributed by atoms with Gasteiger partial charge in [-0.15, -0.1) is 0 Å². The lowest BCUT2D eigenvalue weighted by Crippen LogP contribution is -2.28. The van der Waals surface area contributed by atoms with Gasteiger partial charge in [-0.25, -0.2) is 0 Å². The fourth-order valence-electron chi connectivity index (χ4n) is 10.0. The van der Waals surface area contributed by atoms with Crippen molar-refractivity contribution in [3.8, 4) is 44.5 Å². The van der Waals surface area contributed by atoms with Crippen LogP contribution in [0.1, 0.15) is 52.7 Å². The molecule has 9 aromatic rings. The van der Waals surface area contributed by atoms with Crippen molar-refractivity contribution in [3.05, 3.63) is 258 Å². The summed E-state index contributed by atoms with van der Waals surface area (Å²) in [5.74, 6) is 0. The molecule has 9 aromatic carbocycles. The maximum absolute atomic E-state index is 9.69. The van der Waals surface area contributed by atoms with Crippen LogP contribution in [-0.2, 0) is 10.8 Å². The minimum absolute atomic E-state index is 0.0862. The van der Waals surface area contributed by atoms with E-state index in [4.69, 9.17) is 0 Å².